The number of rotatable bonds is 9. The molecule has 0 aromatic carbocycles. The van der Waals surface area contributed by atoms with Crippen LogP contribution in [0.2, 0.25) is 0 Å². The fourth-order valence-electron chi connectivity index (χ4n) is 2.75. The van der Waals surface area contributed by atoms with E-state index in [-0.39, 0.29) is 23.3 Å². The summed E-state index contributed by atoms with van der Waals surface area (Å²) in [5.41, 5.74) is -0.635. The summed E-state index contributed by atoms with van der Waals surface area (Å²) >= 11 is 3.06. The van der Waals surface area contributed by atoms with Gasteiger partial charge in [0.15, 0.2) is 0 Å². The third-order valence-electron chi connectivity index (χ3n) is 4.04. The van der Waals surface area contributed by atoms with Gasteiger partial charge in [-0.2, -0.15) is 9.36 Å². The first-order valence-corrected chi connectivity index (χ1v) is 13.3. The monoisotopic (exact) mass is 523 g/mol. The van der Waals surface area contributed by atoms with E-state index in [1.165, 1.54) is 23.5 Å². The number of carboxylic acid groups (broad SMARTS) is 1. The number of nitrogens with zero attached hydrogens (tertiary/aromatic N) is 4. The van der Waals surface area contributed by atoms with E-state index in [4.69, 9.17) is 14.6 Å². The fourth-order valence-corrected chi connectivity index (χ4v) is 6.24. The van der Waals surface area contributed by atoms with Gasteiger partial charge in [-0.1, -0.05) is 5.16 Å². The van der Waals surface area contributed by atoms with Crippen LogP contribution in [0.15, 0.2) is 15.8 Å². The number of nitrogens with one attached hydrogen (secondary N) is 2. The SMILES string of the molecule is CCO/N=C(\C(=O)NC1C(=O)N2C(C(=O)[O-])=C(SC)CS[C@H]12)c1nsc(NP(=O)(O)O)n1. The molecule has 1 unspecified atom stereocenters. The first-order valence-electron chi connectivity index (χ1n) is 8.69. The summed E-state index contributed by atoms with van der Waals surface area (Å²) in [4.78, 5) is 65.2. The zero-order valence-corrected chi connectivity index (χ0v) is 19.7. The Labute approximate surface area is 193 Å². The highest BCUT2D eigenvalue weighted by atomic mass is 32.2. The van der Waals surface area contributed by atoms with Gasteiger partial charge < -0.3 is 29.8 Å². The van der Waals surface area contributed by atoms with Gasteiger partial charge >= 0.3 is 7.75 Å². The Morgan fingerprint density at radius 3 is 2.78 bits per heavy atom. The van der Waals surface area contributed by atoms with Crippen LogP contribution in [-0.2, 0) is 23.8 Å². The number of β-lactam (4-membered cyclic amide) rings is 1. The quantitative estimate of drug-likeness (QED) is 0.126. The van der Waals surface area contributed by atoms with Crippen LogP contribution in [0.4, 0.5) is 5.13 Å². The van der Waals surface area contributed by atoms with Crippen molar-refractivity contribution in [3.63, 3.8) is 0 Å². The molecule has 2 amide bonds. The standard InChI is InChI=1S/C14H17N6O8PS3/c1-3-28-17-6(9-16-14(32-19-9)18-29(25,26)27)10(21)15-7-11(22)20-8(13(23)24)5(30-2)4-31-12(7)20/h7,12H,3-4H2,1-2H3,(H,15,21)(H,23,24)(H3,16,18,19,25,26,27)/p-1/b17-6-/t7?,12-/m1/s1. The Balaban J connectivity index is 1.79. The van der Waals surface area contributed by atoms with Gasteiger partial charge in [-0.3, -0.25) is 19.6 Å². The predicted molar refractivity (Wildman–Crippen MR) is 114 cm³/mol. The van der Waals surface area contributed by atoms with E-state index in [0.29, 0.717) is 22.2 Å². The van der Waals surface area contributed by atoms with Crippen molar-refractivity contribution in [1.29, 1.82) is 0 Å². The number of amides is 2. The highest BCUT2D eigenvalue weighted by Gasteiger charge is 2.53. The van der Waals surface area contributed by atoms with Crippen molar-refractivity contribution in [3.8, 4) is 0 Å². The molecule has 2 atom stereocenters. The molecule has 0 aliphatic carbocycles. The van der Waals surface area contributed by atoms with E-state index in [9.17, 15) is 24.1 Å². The summed E-state index contributed by atoms with van der Waals surface area (Å²) in [5, 5.41) is 18.6. The predicted octanol–water partition coefficient (Wildman–Crippen LogP) is -1.49. The Kier molecular flexibility index (Phi) is 7.46. The van der Waals surface area contributed by atoms with Crippen LogP contribution >= 0.6 is 42.8 Å². The minimum atomic E-state index is -4.64. The zero-order chi connectivity index (χ0) is 23.6. The maximum atomic E-state index is 12.8. The number of hydrogen-bond acceptors (Lipinski definition) is 12. The first-order chi connectivity index (χ1) is 15.1. The molecule has 18 heteroatoms. The van der Waals surface area contributed by atoms with Gasteiger partial charge in [0.25, 0.3) is 11.8 Å². The average molecular weight is 523 g/mol. The van der Waals surface area contributed by atoms with Crippen LogP contribution in [-0.4, -0.2) is 77.6 Å². The van der Waals surface area contributed by atoms with Crippen LogP contribution in [0.1, 0.15) is 12.7 Å². The third-order valence-corrected chi connectivity index (χ3v) is 7.62. The molecule has 2 aliphatic heterocycles. The molecule has 174 valence electrons. The Morgan fingerprint density at radius 2 is 2.19 bits per heavy atom. The molecule has 1 aromatic heterocycles. The molecule has 0 saturated carbocycles. The van der Waals surface area contributed by atoms with Gasteiger partial charge in [0, 0.05) is 22.2 Å². The molecule has 0 bridgehead atoms. The summed E-state index contributed by atoms with van der Waals surface area (Å²) in [6.45, 7) is 1.71. The number of fused-ring (bicyclic) bond motifs is 1. The maximum absolute atomic E-state index is 12.8. The lowest BCUT2D eigenvalue weighted by atomic mass is 10.0. The molecule has 1 fully saturated rings. The topological polar surface area (TPSA) is 206 Å². The summed E-state index contributed by atoms with van der Waals surface area (Å²) < 4.78 is 14.9. The summed E-state index contributed by atoms with van der Waals surface area (Å²) in [5.74, 6) is -2.94. The van der Waals surface area contributed by atoms with Gasteiger partial charge in [-0.15, -0.1) is 23.5 Å². The number of oxime groups is 1. The van der Waals surface area contributed by atoms with E-state index in [2.05, 4.69) is 19.8 Å². The average Bonchev–Trinajstić information content (AvgIpc) is 3.17. The van der Waals surface area contributed by atoms with Crippen molar-refractivity contribution in [2.45, 2.75) is 18.3 Å². The van der Waals surface area contributed by atoms with Crippen LogP contribution in [0, 0.1) is 0 Å². The molecule has 1 saturated heterocycles. The molecule has 1 aromatic rings. The Morgan fingerprint density at radius 1 is 1.47 bits per heavy atom. The highest BCUT2D eigenvalue weighted by molar-refractivity contribution is 8.05. The second-order valence-electron chi connectivity index (χ2n) is 6.06. The Bertz CT molecular complexity index is 1060. The largest absolute Gasteiger partial charge is 0.543 e. The van der Waals surface area contributed by atoms with Crippen molar-refractivity contribution in [1.82, 2.24) is 19.6 Å². The molecule has 32 heavy (non-hydrogen) atoms. The van der Waals surface area contributed by atoms with Crippen molar-refractivity contribution < 1.29 is 38.7 Å². The fraction of sp³-hybridized carbons (Fsp3) is 0.429. The maximum Gasteiger partial charge on any atom is 0.429 e. The van der Waals surface area contributed by atoms with Crippen LogP contribution < -0.4 is 15.5 Å². The Hall–Kier alpha value is -2.17. The van der Waals surface area contributed by atoms with E-state index in [1.54, 1.807) is 13.2 Å². The third kappa shape index (κ3) is 5.07. The summed E-state index contributed by atoms with van der Waals surface area (Å²) in [6.07, 6.45) is 1.69. The lowest BCUT2D eigenvalue weighted by Gasteiger charge is -2.50. The number of carboxylic acids is 1. The zero-order valence-electron chi connectivity index (χ0n) is 16.4. The molecular weight excluding hydrogens is 507 g/mol. The molecule has 4 N–H and O–H groups in total. The minimum absolute atomic E-state index is 0.0976. The second kappa shape index (κ2) is 9.76. The van der Waals surface area contributed by atoms with Gasteiger partial charge in [-0.25, -0.2) is 4.57 Å². The molecule has 0 spiro atoms. The molecule has 14 nitrogen and oxygen atoms in total. The minimum Gasteiger partial charge on any atom is -0.543 e. The molecule has 3 heterocycles. The molecule has 3 rings (SSSR count). The molecular formula is C14H16N6O8PS3-. The van der Waals surface area contributed by atoms with Crippen molar-refractivity contribution in [3.05, 3.63) is 16.4 Å². The second-order valence-corrected chi connectivity index (χ2v) is 10.1. The lowest BCUT2D eigenvalue weighted by molar-refractivity contribution is -0.301. The number of hydrogen-bond donors (Lipinski definition) is 4. The number of aromatic nitrogens is 2. The molecule has 2 aliphatic rings. The van der Waals surface area contributed by atoms with Crippen molar-refractivity contribution >= 4 is 71.4 Å². The van der Waals surface area contributed by atoms with Gasteiger partial charge in [-0.05, 0) is 13.2 Å². The summed E-state index contributed by atoms with van der Waals surface area (Å²) in [6, 6.07) is -1.04. The van der Waals surface area contributed by atoms with Crippen LogP contribution in [0.3, 0.4) is 0 Å². The smallest absolute Gasteiger partial charge is 0.429 e. The van der Waals surface area contributed by atoms with E-state index >= 15 is 0 Å². The summed E-state index contributed by atoms with van der Waals surface area (Å²) in [7, 11) is -4.64. The van der Waals surface area contributed by atoms with E-state index in [0.717, 1.165) is 4.90 Å². The number of aliphatic carboxylic acids is 1. The number of carbonyl (C=O) groups is 3. The number of thioether (sulfide) groups is 2. The van der Waals surface area contributed by atoms with Crippen LogP contribution in [0.5, 0.6) is 0 Å². The van der Waals surface area contributed by atoms with E-state index in [1.807, 2.05) is 5.09 Å². The van der Waals surface area contributed by atoms with E-state index < -0.39 is 42.7 Å². The van der Waals surface area contributed by atoms with Crippen molar-refractivity contribution in [2.24, 2.45) is 5.16 Å². The molecule has 0 radical (unpaired) electrons. The number of anilines is 1. The van der Waals surface area contributed by atoms with Gasteiger partial charge in [0.05, 0.1) is 11.7 Å². The van der Waals surface area contributed by atoms with Crippen LogP contribution in [0.25, 0.3) is 0 Å². The normalized spacial score (nSPS) is 21.1. The highest BCUT2D eigenvalue weighted by Crippen LogP contribution is 2.42. The van der Waals surface area contributed by atoms with Gasteiger partial charge in [0.1, 0.15) is 18.0 Å². The number of carbonyl (C=O) groups excluding carboxylic acids is 3. The van der Waals surface area contributed by atoms with Crippen molar-refractivity contribution in [2.75, 3.05) is 23.7 Å². The lowest BCUT2D eigenvalue weighted by Crippen LogP contribution is -2.71. The van der Waals surface area contributed by atoms with Gasteiger partial charge in [0.2, 0.25) is 16.7 Å². The first kappa shape index (κ1) is 24.5.